The molecule has 106 valence electrons. The summed E-state index contributed by atoms with van der Waals surface area (Å²) in [7, 11) is 3.25. The summed E-state index contributed by atoms with van der Waals surface area (Å²) in [6.45, 7) is 0. The van der Waals surface area contributed by atoms with Gasteiger partial charge in [-0.2, -0.15) is 0 Å². The quantitative estimate of drug-likeness (QED) is 0.661. The Morgan fingerprint density at radius 3 is 2.52 bits per heavy atom. The van der Waals surface area contributed by atoms with Gasteiger partial charge in [-0.3, -0.25) is 0 Å². The zero-order chi connectivity index (χ0) is 15.0. The lowest BCUT2D eigenvalue weighted by atomic mass is 10.0. The van der Waals surface area contributed by atoms with E-state index >= 15 is 0 Å². The van der Waals surface area contributed by atoms with Crippen LogP contribution < -0.4 is 0 Å². The Labute approximate surface area is 127 Å². The maximum absolute atomic E-state index is 12.2. The molecule has 0 saturated heterocycles. The van der Waals surface area contributed by atoms with Crippen LogP contribution in [0.5, 0.6) is 0 Å². The minimum absolute atomic E-state index is 0.358. The highest BCUT2D eigenvalue weighted by molar-refractivity contribution is 6.31. The number of methoxy groups -OCH3 is 1. The topological polar surface area (TPSA) is 31.2 Å². The van der Waals surface area contributed by atoms with E-state index in [4.69, 9.17) is 16.3 Å². The second kappa shape index (κ2) is 5.26. The monoisotopic (exact) mass is 299 g/mol. The summed E-state index contributed by atoms with van der Waals surface area (Å²) < 4.78 is 6.79. The first-order valence-electron chi connectivity index (χ1n) is 6.55. The van der Waals surface area contributed by atoms with Gasteiger partial charge in [-0.1, -0.05) is 41.9 Å². The molecule has 0 radical (unpaired) electrons. The third kappa shape index (κ3) is 2.20. The molecule has 0 unspecified atom stereocenters. The average Bonchev–Trinajstić information content (AvgIpc) is 2.79. The summed E-state index contributed by atoms with van der Waals surface area (Å²) in [5.41, 5.74) is 3.29. The van der Waals surface area contributed by atoms with E-state index in [1.54, 1.807) is 0 Å². The lowest BCUT2D eigenvalue weighted by Crippen LogP contribution is -2.08. The Morgan fingerprint density at radius 2 is 1.86 bits per heavy atom. The van der Waals surface area contributed by atoms with Crippen LogP contribution in [0.2, 0.25) is 5.02 Å². The first-order chi connectivity index (χ1) is 10.1. The maximum atomic E-state index is 12.2. The molecule has 1 heterocycles. The highest BCUT2D eigenvalue weighted by Gasteiger charge is 2.22. The number of aryl methyl sites for hydroxylation is 1. The number of carbonyl (C=O) groups is 1. The van der Waals surface area contributed by atoms with Crippen LogP contribution in [0.1, 0.15) is 10.5 Å². The highest BCUT2D eigenvalue weighted by Crippen LogP contribution is 2.36. The Balaban J connectivity index is 2.44. The van der Waals surface area contributed by atoms with Gasteiger partial charge in [0.25, 0.3) is 0 Å². The number of fused-ring (bicyclic) bond motifs is 1. The molecule has 0 fully saturated rings. The van der Waals surface area contributed by atoms with Crippen molar-refractivity contribution < 1.29 is 9.53 Å². The number of esters is 1. The van der Waals surface area contributed by atoms with Gasteiger partial charge in [-0.05, 0) is 23.8 Å². The zero-order valence-electron chi connectivity index (χ0n) is 11.8. The third-order valence-electron chi connectivity index (χ3n) is 3.60. The number of rotatable bonds is 2. The molecule has 0 bridgehead atoms. The zero-order valence-corrected chi connectivity index (χ0v) is 12.5. The van der Waals surface area contributed by atoms with E-state index in [9.17, 15) is 4.79 Å². The standard InChI is InChI=1S/C17H14ClNO2/c1-19-14-9-8-12(18)10-13(14)15(16(19)17(20)21-2)11-6-4-3-5-7-11/h3-10H,1-2H3. The second-order valence-corrected chi connectivity index (χ2v) is 5.24. The predicted molar refractivity (Wildman–Crippen MR) is 84.7 cm³/mol. The van der Waals surface area contributed by atoms with Gasteiger partial charge in [0.05, 0.1) is 7.11 Å². The number of benzene rings is 2. The number of hydrogen-bond acceptors (Lipinski definition) is 2. The molecular formula is C17H14ClNO2. The van der Waals surface area contributed by atoms with Crippen LogP contribution in [0.3, 0.4) is 0 Å². The van der Waals surface area contributed by atoms with Crippen LogP contribution in [-0.4, -0.2) is 17.6 Å². The molecule has 0 amide bonds. The van der Waals surface area contributed by atoms with Crippen LogP contribution >= 0.6 is 11.6 Å². The van der Waals surface area contributed by atoms with Gasteiger partial charge < -0.3 is 9.30 Å². The fraction of sp³-hybridized carbons (Fsp3) is 0.118. The van der Waals surface area contributed by atoms with E-state index in [2.05, 4.69) is 0 Å². The number of ether oxygens (including phenoxy) is 1. The number of carbonyl (C=O) groups excluding carboxylic acids is 1. The van der Waals surface area contributed by atoms with Gasteiger partial charge in [-0.25, -0.2) is 4.79 Å². The Hall–Kier alpha value is -2.26. The van der Waals surface area contributed by atoms with Crippen molar-refractivity contribution in [2.75, 3.05) is 7.11 Å². The van der Waals surface area contributed by atoms with Gasteiger partial charge in [-0.15, -0.1) is 0 Å². The third-order valence-corrected chi connectivity index (χ3v) is 3.84. The van der Waals surface area contributed by atoms with Crippen LogP contribution in [0.25, 0.3) is 22.0 Å². The molecule has 4 heteroatoms. The largest absolute Gasteiger partial charge is 0.464 e. The molecule has 0 atom stereocenters. The maximum Gasteiger partial charge on any atom is 0.355 e. The second-order valence-electron chi connectivity index (χ2n) is 4.80. The summed E-state index contributed by atoms with van der Waals surface area (Å²) in [5, 5.41) is 1.58. The molecule has 3 aromatic rings. The Bertz CT molecular complexity index is 822. The van der Waals surface area contributed by atoms with Crippen molar-refractivity contribution in [3.63, 3.8) is 0 Å². The smallest absolute Gasteiger partial charge is 0.355 e. The number of halogens is 1. The van der Waals surface area contributed by atoms with Crippen molar-refractivity contribution >= 4 is 28.5 Å². The summed E-state index contributed by atoms with van der Waals surface area (Å²) in [5.74, 6) is -0.358. The highest BCUT2D eigenvalue weighted by atomic mass is 35.5. The first-order valence-corrected chi connectivity index (χ1v) is 6.93. The van der Waals surface area contributed by atoms with Gasteiger partial charge in [0, 0.05) is 28.5 Å². The summed E-state index contributed by atoms with van der Waals surface area (Å²) >= 11 is 6.13. The van der Waals surface area contributed by atoms with E-state index in [0.29, 0.717) is 10.7 Å². The molecule has 0 aliphatic heterocycles. The molecule has 1 aromatic heterocycles. The summed E-state index contributed by atoms with van der Waals surface area (Å²) in [6, 6.07) is 15.4. The fourth-order valence-corrected chi connectivity index (χ4v) is 2.82. The van der Waals surface area contributed by atoms with Gasteiger partial charge >= 0.3 is 5.97 Å². The molecule has 0 spiro atoms. The van der Waals surface area contributed by atoms with Crippen molar-refractivity contribution in [2.45, 2.75) is 0 Å². The first kappa shape index (κ1) is 13.7. The summed E-state index contributed by atoms with van der Waals surface area (Å²) in [6.07, 6.45) is 0. The van der Waals surface area contributed by atoms with E-state index in [1.807, 2.05) is 60.1 Å². The van der Waals surface area contributed by atoms with E-state index < -0.39 is 0 Å². The van der Waals surface area contributed by atoms with Crippen molar-refractivity contribution in [3.05, 3.63) is 59.2 Å². The molecule has 0 N–H and O–H groups in total. The van der Waals surface area contributed by atoms with Gasteiger partial charge in [0.2, 0.25) is 0 Å². The van der Waals surface area contributed by atoms with Crippen LogP contribution in [0.4, 0.5) is 0 Å². The molecule has 0 aliphatic rings. The minimum atomic E-state index is -0.358. The minimum Gasteiger partial charge on any atom is -0.464 e. The lowest BCUT2D eigenvalue weighted by molar-refractivity contribution is 0.0591. The van der Waals surface area contributed by atoms with E-state index in [-0.39, 0.29) is 5.97 Å². The molecular weight excluding hydrogens is 286 g/mol. The van der Waals surface area contributed by atoms with E-state index in [0.717, 1.165) is 22.0 Å². The predicted octanol–water partition coefficient (Wildman–Crippen LogP) is 4.29. The molecule has 0 aliphatic carbocycles. The fourth-order valence-electron chi connectivity index (χ4n) is 2.65. The van der Waals surface area contributed by atoms with Gasteiger partial charge in [0.15, 0.2) is 0 Å². The Kier molecular flexibility index (Phi) is 3.43. The SMILES string of the molecule is COC(=O)c1c(-c2ccccc2)c2cc(Cl)ccc2n1C. The number of nitrogens with zero attached hydrogens (tertiary/aromatic N) is 1. The molecule has 0 saturated carbocycles. The number of hydrogen-bond donors (Lipinski definition) is 0. The van der Waals surface area contributed by atoms with Crippen LogP contribution in [0.15, 0.2) is 48.5 Å². The van der Waals surface area contributed by atoms with E-state index in [1.165, 1.54) is 7.11 Å². The van der Waals surface area contributed by atoms with Crippen molar-refractivity contribution in [3.8, 4) is 11.1 Å². The molecule has 3 rings (SSSR count). The number of aromatic nitrogens is 1. The Morgan fingerprint density at radius 1 is 1.14 bits per heavy atom. The van der Waals surface area contributed by atoms with Crippen molar-refractivity contribution in [2.24, 2.45) is 7.05 Å². The van der Waals surface area contributed by atoms with Crippen LogP contribution in [-0.2, 0) is 11.8 Å². The molecule has 2 aromatic carbocycles. The lowest BCUT2D eigenvalue weighted by Gasteiger charge is -2.06. The molecule has 21 heavy (non-hydrogen) atoms. The van der Waals surface area contributed by atoms with Crippen LogP contribution in [0, 0.1) is 0 Å². The van der Waals surface area contributed by atoms with Crippen molar-refractivity contribution in [1.82, 2.24) is 4.57 Å². The average molecular weight is 300 g/mol. The normalized spacial score (nSPS) is 10.8. The molecule has 3 nitrogen and oxygen atoms in total. The van der Waals surface area contributed by atoms with Gasteiger partial charge in [0.1, 0.15) is 5.69 Å². The van der Waals surface area contributed by atoms with Crippen molar-refractivity contribution in [1.29, 1.82) is 0 Å². The summed E-state index contributed by atoms with van der Waals surface area (Å²) in [4.78, 5) is 12.2.